The summed E-state index contributed by atoms with van der Waals surface area (Å²) in [6, 6.07) is 6.99. The molecular formula is C22H36FN5O2. The lowest BCUT2D eigenvalue weighted by Crippen LogP contribution is -2.45. The maximum Gasteiger partial charge on any atom is 0.407 e. The molecule has 1 aromatic rings. The van der Waals surface area contributed by atoms with Crippen molar-refractivity contribution >= 4 is 12.1 Å². The molecule has 8 heteroatoms. The SMILES string of the molecule is CN=C(NCCNC(=O)OC(C)(C)C)NCC1CCN(Cc2ccccc2F)CC1. The molecule has 0 aliphatic carbocycles. The van der Waals surface area contributed by atoms with Crippen LogP contribution in [0.15, 0.2) is 29.3 Å². The number of hydrogen-bond donors (Lipinski definition) is 3. The number of aliphatic imine (C=N–C) groups is 1. The van der Waals surface area contributed by atoms with E-state index in [9.17, 15) is 9.18 Å². The molecule has 1 saturated heterocycles. The lowest BCUT2D eigenvalue weighted by atomic mass is 9.96. The summed E-state index contributed by atoms with van der Waals surface area (Å²) in [6.07, 6.45) is 1.71. The molecule has 0 unspecified atom stereocenters. The predicted molar refractivity (Wildman–Crippen MR) is 118 cm³/mol. The molecule has 1 fully saturated rings. The van der Waals surface area contributed by atoms with Crippen LogP contribution in [0, 0.1) is 11.7 Å². The summed E-state index contributed by atoms with van der Waals surface area (Å²) in [6.45, 7) is 9.94. The molecule has 2 rings (SSSR count). The van der Waals surface area contributed by atoms with Crippen molar-refractivity contribution in [2.75, 3.05) is 39.8 Å². The molecule has 1 heterocycles. The summed E-state index contributed by atoms with van der Waals surface area (Å²) in [4.78, 5) is 18.2. The molecule has 1 aliphatic rings. The topological polar surface area (TPSA) is 78.0 Å². The van der Waals surface area contributed by atoms with E-state index in [-0.39, 0.29) is 5.82 Å². The van der Waals surface area contributed by atoms with Gasteiger partial charge in [0.2, 0.25) is 0 Å². The number of benzene rings is 1. The Balaban J connectivity index is 1.61. The fraction of sp³-hybridized carbons (Fsp3) is 0.636. The van der Waals surface area contributed by atoms with Crippen LogP contribution in [0.1, 0.15) is 39.2 Å². The lowest BCUT2D eigenvalue weighted by molar-refractivity contribution is 0.0529. The van der Waals surface area contributed by atoms with E-state index in [0.717, 1.165) is 44.0 Å². The van der Waals surface area contributed by atoms with Gasteiger partial charge in [-0.15, -0.1) is 0 Å². The summed E-state index contributed by atoms with van der Waals surface area (Å²) < 4.78 is 19.0. The summed E-state index contributed by atoms with van der Waals surface area (Å²) >= 11 is 0. The number of nitrogens with zero attached hydrogens (tertiary/aromatic N) is 2. The van der Waals surface area contributed by atoms with E-state index in [2.05, 4.69) is 25.8 Å². The van der Waals surface area contributed by atoms with E-state index in [1.54, 1.807) is 13.1 Å². The van der Waals surface area contributed by atoms with Gasteiger partial charge in [-0.3, -0.25) is 9.89 Å². The van der Waals surface area contributed by atoms with E-state index >= 15 is 0 Å². The number of alkyl carbamates (subject to hydrolysis) is 1. The van der Waals surface area contributed by atoms with Crippen LogP contribution in [0.3, 0.4) is 0 Å². The number of piperidine rings is 1. The number of carbonyl (C=O) groups is 1. The molecule has 0 bridgehead atoms. The molecule has 3 N–H and O–H groups in total. The second-order valence-electron chi connectivity index (χ2n) is 8.62. The Kier molecular flexibility index (Phi) is 9.36. The predicted octanol–water partition coefficient (Wildman–Crippen LogP) is 2.73. The number of amides is 1. The highest BCUT2D eigenvalue weighted by atomic mass is 19.1. The zero-order valence-electron chi connectivity index (χ0n) is 18.6. The first kappa shape index (κ1) is 23.9. The van der Waals surface area contributed by atoms with Crippen molar-refractivity contribution in [3.8, 4) is 0 Å². The summed E-state index contributed by atoms with van der Waals surface area (Å²) in [5.41, 5.74) is 0.263. The maximum atomic E-state index is 13.8. The Morgan fingerprint density at radius 2 is 1.83 bits per heavy atom. The maximum absolute atomic E-state index is 13.8. The Labute approximate surface area is 179 Å². The highest BCUT2D eigenvalue weighted by Crippen LogP contribution is 2.19. The van der Waals surface area contributed by atoms with Gasteiger partial charge in [0, 0.05) is 38.8 Å². The minimum absolute atomic E-state index is 0.127. The molecular weight excluding hydrogens is 385 g/mol. The number of hydrogen-bond acceptors (Lipinski definition) is 4. The van der Waals surface area contributed by atoms with Crippen molar-refractivity contribution in [3.63, 3.8) is 0 Å². The highest BCUT2D eigenvalue weighted by molar-refractivity contribution is 5.79. The number of halogens is 1. The fourth-order valence-electron chi connectivity index (χ4n) is 3.34. The molecule has 1 aliphatic heterocycles. The van der Waals surface area contributed by atoms with Crippen molar-refractivity contribution in [2.24, 2.45) is 10.9 Å². The highest BCUT2D eigenvalue weighted by Gasteiger charge is 2.20. The van der Waals surface area contributed by atoms with Crippen LogP contribution in [-0.4, -0.2) is 62.3 Å². The standard InChI is InChI=1S/C22H36FN5O2/c1-22(2,3)30-21(29)26-12-11-25-20(24-4)27-15-17-9-13-28(14-10-17)16-18-7-5-6-8-19(18)23/h5-8,17H,9-16H2,1-4H3,(H,26,29)(H2,24,25,27). The molecule has 0 saturated carbocycles. The normalized spacial score (nSPS) is 16.2. The minimum atomic E-state index is -0.500. The zero-order valence-corrected chi connectivity index (χ0v) is 18.6. The Bertz CT molecular complexity index is 697. The van der Waals surface area contributed by atoms with Crippen molar-refractivity contribution in [1.82, 2.24) is 20.9 Å². The number of guanidine groups is 1. The number of nitrogens with one attached hydrogen (secondary N) is 3. The van der Waals surface area contributed by atoms with Crippen LogP contribution in [0.4, 0.5) is 9.18 Å². The van der Waals surface area contributed by atoms with Gasteiger partial charge in [-0.05, 0) is 58.7 Å². The van der Waals surface area contributed by atoms with Crippen LogP contribution >= 0.6 is 0 Å². The largest absolute Gasteiger partial charge is 0.444 e. The van der Waals surface area contributed by atoms with Gasteiger partial charge in [0.05, 0.1) is 0 Å². The third-order valence-corrected chi connectivity index (χ3v) is 4.93. The van der Waals surface area contributed by atoms with Crippen molar-refractivity contribution in [1.29, 1.82) is 0 Å². The van der Waals surface area contributed by atoms with E-state index < -0.39 is 11.7 Å². The average molecular weight is 422 g/mol. The second-order valence-corrected chi connectivity index (χ2v) is 8.62. The zero-order chi connectivity index (χ0) is 22.0. The number of carbonyl (C=O) groups excluding carboxylic acids is 1. The number of rotatable bonds is 7. The first-order valence-corrected chi connectivity index (χ1v) is 10.6. The smallest absolute Gasteiger partial charge is 0.407 e. The first-order valence-electron chi connectivity index (χ1n) is 10.6. The second kappa shape index (κ2) is 11.7. The van der Waals surface area contributed by atoms with Gasteiger partial charge >= 0.3 is 6.09 Å². The fourth-order valence-corrected chi connectivity index (χ4v) is 3.34. The number of likely N-dealkylation sites (tertiary alicyclic amines) is 1. The minimum Gasteiger partial charge on any atom is -0.444 e. The lowest BCUT2D eigenvalue weighted by Gasteiger charge is -2.32. The molecule has 1 aromatic carbocycles. The molecule has 0 atom stereocenters. The molecule has 1 amide bonds. The van der Waals surface area contributed by atoms with Gasteiger partial charge in [0.15, 0.2) is 5.96 Å². The summed E-state index contributed by atoms with van der Waals surface area (Å²) in [5, 5.41) is 9.26. The van der Waals surface area contributed by atoms with Crippen LogP contribution in [0.2, 0.25) is 0 Å². The summed E-state index contributed by atoms with van der Waals surface area (Å²) in [5.74, 6) is 1.15. The summed E-state index contributed by atoms with van der Waals surface area (Å²) in [7, 11) is 1.73. The first-order chi connectivity index (χ1) is 14.3. The molecule has 0 radical (unpaired) electrons. The molecule has 30 heavy (non-hydrogen) atoms. The van der Waals surface area contributed by atoms with Crippen LogP contribution in [-0.2, 0) is 11.3 Å². The van der Waals surface area contributed by atoms with Gasteiger partial charge in [-0.1, -0.05) is 18.2 Å². The number of ether oxygens (including phenoxy) is 1. The average Bonchev–Trinajstić information content (AvgIpc) is 2.69. The molecule has 168 valence electrons. The quantitative estimate of drug-likeness (QED) is 0.359. The van der Waals surface area contributed by atoms with Crippen LogP contribution in [0.25, 0.3) is 0 Å². The molecule has 0 spiro atoms. The third-order valence-electron chi connectivity index (χ3n) is 4.93. The van der Waals surface area contributed by atoms with E-state index in [4.69, 9.17) is 4.74 Å². The Morgan fingerprint density at radius 1 is 1.17 bits per heavy atom. The van der Waals surface area contributed by atoms with Crippen molar-refractivity contribution in [3.05, 3.63) is 35.6 Å². The Hall–Kier alpha value is -2.35. The van der Waals surface area contributed by atoms with E-state index in [0.29, 0.717) is 25.6 Å². The van der Waals surface area contributed by atoms with Gasteiger partial charge in [-0.2, -0.15) is 0 Å². The molecule has 0 aromatic heterocycles. The van der Waals surface area contributed by atoms with Crippen molar-refractivity contribution in [2.45, 2.75) is 45.8 Å². The Morgan fingerprint density at radius 3 is 2.47 bits per heavy atom. The van der Waals surface area contributed by atoms with Crippen molar-refractivity contribution < 1.29 is 13.9 Å². The monoisotopic (exact) mass is 421 g/mol. The van der Waals surface area contributed by atoms with Gasteiger partial charge < -0.3 is 20.7 Å². The van der Waals surface area contributed by atoms with Crippen LogP contribution < -0.4 is 16.0 Å². The van der Waals surface area contributed by atoms with E-state index in [1.165, 1.54) is 6.07 Å². The van der Waals surface area contributed by atoms with E-state index in [1.807, 2.05) is 32.9 Å². The van der Waals surface area contributed by atoms with Gasteiger partial charge in [0.1, 0.15) is 11.4 Å². The van der Waals surface area contributed by atoms with Gasteiger partial charge in [-0.25, -0.2) is 9.18 Å². The third kappa shape index (κ3) is 8.98. The molecule has 7 nitrogen and oxygen atoms in total. The van der Waals surface area contributed by atoms with Gasteiger partial charge in [0.25, 0.3) is 0 Å². The van der Waals surface area contributed by atoms with Crippen LogP contribution in [0.5, 0.6) is 0 Å².